The Morgan fingerprint density at radius 1 is 1.48 bits per heavy atom. The van der Waals surface area contributed by atoms with E-state index in [1.54, 1.807) is 0 Å². The van der Waals surface area contributed by atoms with Gasteiger partial charge in [0.2, 0.25) is 0 Å². The Morgan fingerprint density at radius 2 is 2.17 bits per heavy atom. The Morgan fingerprint density at radius 3 is 2.74 bits per heavy atom. The van der Waals surface area contributed by atoms with Crippen molar-refractivity contribution in [2.45, 2.75) is 12.3 Å². The van der Waals surface area contributed by atoms with Crippen molar-refractivity contribution in [2.24, 2.45) is 0 Å². The van der Waals surface area contributed by atoms with Gasteiger partial charge >= 0.3 is 0 Å². The lowest BCUT2D eigenvalue weighted by Crippen LogP contribution is -2.23. The number of halogens is 2. The van der Waals surface area contributed by atoms with Gasteiger partial charge in [0.25, 0.3) is 17.5 Å². The van der Waals surface area contributed by atoms with Crippen molar-refractivity contribution in [3.63, 3.8) is 0 Å². The fraction of sp³-hybridized carbons (Fsp3) is 0.214. The van der Waals surface area contributed by atoms with Crippen LogP contribution in [-0.2, 0) is 4.79 Å². The van der Waals surface area contributed by atoms with E-state index in [2.05, 4.69) is 5.32 Å². The van der Waals surface area contributed by atoms with Crippen molar-refractivity contribution in [1.29, 1.82) is 0 Å². The number of benzene rings is 1. The molecule has 1 amide bonds. The first-order chi connectivity index (χ1) is 10.7. The first kappa shape index (κ1) is 16.4. The molecule has 1 aliphatic carbocycles. The summed E-state index contributed by atoms with van der Waals surface area (Å²) >= 11 is 0. The number of allylic oxidation sites excluding steroid dienone is 2. The highest BCUT2D eigenvalue weighted by molar-refractivity contribution is 6.07. The number of carbonyl (C=O) groups excluding carboxylic acids is 1. The second-order valence-electron chi connectivity index (χ2n) is 4.73. The highest BCUT2D eigenvalue weighted by Crippen LogP contribution is 2.32. The second kappa shape index (κ2) is 6.03. The molecule has 2 rings (SSSR count). The molecule has 0 atom stereocenters. The van der Waals surface area contributed by atoms with E-state index in [4.69, 9.17) is 4.74 Å². The summed E-state index contributed by atoms with van der Waals surface area (Å²) in [6.07, 6.45) is 0.379. The highest BCUT2D eigenvalue weighted by Gasteiger charge is 2.33. The van der Waals surface area contributed by atoms with Gasteiger partial charge in [0.1, 0.15) is 11.5 Å². The van der Waals surface area contributed by atoms with Crippen LogP contribution in [0.5, 0.6) is 5.75 Å². The number of hydrogen-bond acceptors (Lipinski definition) is 5. The number of aliphatic hydroxyl groups excluding tert-OH is 1. The highest BCUT2D eigenvalue weighted by atomic mass is 19.3. The molecule has 122 valence electrons. The van der Waals surface area contributed by atoms with Crippen LogP contribution in [0.1, 0.15) is 6.42 Å². The fourth-order valence-corrected chi connectivity index (χ4v) is 1.97. The minimum absolute atomic E-state index is 0.0257. The van der Waals surface area contributed by atoms with E-state index < -0.39 is 28.9 Å². The number of non-ortho nitro benzene ring substituents is 1. The summed E-state index contributed by atoms with van der Waals surface area (Å²) in [5, 5.41) is 22.6. The lowest BCUT2D eigenvalue weighted by Gasteiger charge is -2.18. The molecule has 0 heterocycles. The molecule has 9 heteroatoms. The summed E-state index contributed by atoms with van der Waals surface area (Å²) in [6, 6.07) is 3.50. The molecule has 1 aliphatic rings. The molecule has 1 aromatic carbocycles. The molecule has 0 aromatic heterocycles. The third kappa shape index (κ3) is 3.62. The minimum atomic E-state index is -3.21. The van der Waals surface area contributed by atoms with Crippen LogP contribution in [0.25, 0.3) is 0 Å². The number of nitrogens with zero attached hydrogens (tertiary/aromatic N) is 1. The van der Waals surface area contributed by atoms with Crippen LogP contribution >= 0.6 is 0 Å². The third-order valence-electron chi connectivity index (χ3n) is 3.10. The molecule has 0 unspecified atom stereocenters. The molecule has 23 heavy (non-hydrogen) atoms. The van der Waals surface area contributed by atoms with Crippen LogP contribution in [0, 0.1) is 10.1 Å². The monoisotopic (exact) mass is 326 g/mol. The van der Waals surface area contributed by atoms with Gasteiger partial charge in [-0.15, -0.1) is 0 Å². The van der Waals surface area contributed by atoms with E-state index in [-0.39, 0.29) is 22.7 Å². The van der Waals surface area contributed by atoms with Gasteiger partial charge in [-0.1, -0.05) is 0 Å². The van der Waals surface area contributed by atoms with E-state index in [1.807, 2.05) is 0 Å². The van der Waals surface area contributed by atoms with Crippen molar-refractivity contribution < 1.29 is 28.3 Å². The van der Waals surface area contributed by atoms with Crippen molar-refractivity contribution >= 4 is 17.3 Å². The van der Waals surface area contributed by atoms with Gasteiger partial charge < -0.3 is 15.2 Å². The van der Waals surface area contributed by atoms with Gasteiger partial charge in [0, 0.05) is 6.07 Å². The number of nitro groups is 1. The topological polar surface area (TPSA) is 102 Å². The zero-order valence-electron chi connectivity index (χ0n) is 11.9. The molecule has 0 radical (unpaired) electrons. The maximum absolute atomic E-state index is 13.1. The first-order valence-corrected chi connectivity index (χ1v) is 6.36. The molecule has 0 aliphatic heterocycles. The van der Waals surface area contributed by atoms with Crippen molar-refractivity contribution in [3.8, 4) is 5.75 Å². The number of aliphatic hydroxyl groups is 1. The van der Waals surface area contributed by atoms with Crippen molar-refractivity contribution in [2.75, 3.05) is 12.4 Å². The van der Waals surface area contributed by atoms with E-state index in [1.165, 1.54) is 13.2 Å². The Balaban J connectivity index is 2.24. The van der Waals surface area contributed by atoms with Crippen molar-refractivity contribution in [3.05, 3.63) is 51.8 Å². The summed E-state index contributed by atoms with van der Waals surface area (Å²) in [6.45, 7) is 0. The normalized spacial score (nSPS) is 16.1. The predicted octanol–water partition coefficient (Wildman–Crippen LogP) is 2.95. The number of anilines is 1. The average molecular weight is 326 g/mol. The first-order valence-electron chi connectivity index (χ1n) is 6.36. The molecule has 0 bridgehead atoms. The summed E-state index contributed by atoms with van der Waals surface area (Å²) in [5.74, 6) is -4.76. The number of ether oxygens (including phenoxy) is 1. The molecular formula is C14H12F2N2O5. The van der Waals surface area contributed by atoms with Gasteiger partial charge in [-0.05, 0) is 18.2 Å². The molecule has 0 fully saturated rings. The average Bonchev–Trinajstić information content (AvgIpc) is 2.46. The van der Waals surface area contributed by atoms with Crippen LogP contribution in [-0.4, -0.2) is 29.0 Å². The summed E-state index contributed by atoms with van der Waals surface area (Å²) < 4.78 is 31.1. The van der Waals surface area contributed by atoms with E-state index in [0.717, 1.165) is 18.2 Å². The van der Waals surface area contributed by atoms with Crippen LogP contribution in [0.4, 0.5) is 20.2 Å². The number of amides is 1. The summed E-state index contributed by atoms with van der Waals surface area (Å²) in [4.78, 5) is 22.1. The Labute approximate surface area is 129 Å². The van der Waals surface area contributed by atoms with Gasteiger partial charge in [-0.25, -0.2) is 8.78 Å². The van der Waals surface area contributed by atoms with Crippen molar-refractivity contribution in [1.82, 2.24) is 0 Å². The van der Waals surface area contributed by atoms with Gasteiger partial charge in [0.05, 0.1) is 35.8 Å². The Kier molecular flexibility index (Phi) is 4.30. The maximum Gasteiger partial charge on any atom is 0.273 e. The van der Waals surface area contributed by atoms with Crippen LogP contribution in [0.3, 0.4) is 0 Å². The maximum atomic E-state index is 13.1. The number of rotatable bonds is 4. The SMILES string of the molecule is COc1cc([N+](=O)[O-])ccc1NC(=O)C1=C(O)CC(F)(F)C=C1. The summed E-state index contributed by atoms with van der Waals surface area (Å²) in [5.41, 5.74) is -0.440. The van der Waals surface area contributed by atoms with E-state index in [0.29, 0.717) is 6.08 Å². The number of methoxy groups -OCH3 is 1. The molecule has 0 spiro atoms. The predicted molar refractivity (Wildman–Crippen MR) is 76.6 cm³/mol. The number of nitrogens with one attached hydrogen (secondary N) is 1. The fourth-order valence-electron chi connectivity index (χ4n) is 1.97. The quantitative estimate of drug-likeness (QED) is 0.654. The zero-order chi connectivity index (χ0) is 17.2. The van der Waals surface area contributed by atoms with Crippen LogP contribution in [0.2, 0.25) is 0 Å². The third-order valence-corrected chi connectivity index (χ3v) is 3.10. The van der Waals surface area contributed by atoms with E-state index in [9.17, 15) is 28.8 Å². The molecule has 0 saturated heterocycles. The van der Waals surface area contributed by atoms with Gasteiger partial charge in [-0.3, -0.25) is 14.9 Å². The smallest absolute Gasteiger partial charge is 0.273 e. The number of alkyl halides is 2. The zero-order valence-corrected chi connectivity index (χ0v) is 11.9. The minimum Gasteiger partial charge on any atom is -0.511 e. The lowest BCUT2D eigenvalue weighted by molar-refractivity contribution is -0.384. The molecule has 2 N–H and O–H groups in total. The molecular weight excluding hydrogens is 314 g/mol. The molecule has 1 aromatic rings. The molecule has 0 saturated carbocycles. The van der Waals surface area contributed by atoms with Gasteiger partial charge in [0.15, 0.2) is 0 Å². The largest absolute Gasteiger partial charge is 0.511 e. The summed E-state index contributed by atoms with van der Waals surface area (Å²) in [7, 11) is 1.26. The number of nitro benzene ring substituents is 1. The van der Waals surface area contributed by atoms with Crippen LogP contribution in [0.15, 0.2) is 41.7 Å². The van der Waals surface area contributed by atoms with Gasteiger partial charge in [-0.2, -0.15) is 0 Å². The molecule has 7 nitrogen and oxygen atoms in total. The van der Waals surface area contributed by atoms with E-state index >= 15 is 0 Å². The Hall–Kier alpha value is -2.97. The standard InChI is InChI=1S/C14H12F2N2O5/c1-23-12-6-8(18(21)22)2-3-10(12)17-13(20)9-4-5-14(15,16)7-11(9)19/h2-6,19H,7H2,1H3,(H,17,20). The van der Waals surface area contributed by atoms with Crippen LogP contribution < -0.4 is 10.1 Å². The second-order valence-corrected chi connectivity index (χ2v) is 4.73. The number of carbonyl (C=O) groups is 1. The Bertz CT molecular complexity index is 728. The number of hydrogen-bond donors (Lipinski definition) is 2. The lowest BCUT2D eigenvalue weighted by atomic mass is 10.0.